The molecule has 7 heteroatoms. The lowest BCUT2D eigenvalue weighted by Crippen LogP contribution is -2.36. The number of carboxylic acid groups (broad SMARTS) is 1. The van der Waals surface area contributed by atoms with Crippen molar-refractivity contribution in [2.24, 2.45) is 0 Å². The number of methoxy groups -OCH3 is 1. The molecule has 0 unspecified atom stereocenters. The molecule has 6 nitrogen and oxygen atoms in total. The number of amides is 1. The average Bonchev–Trinajstić information content (AvgIpc) is 2.67. The summed E-state index contributed by atoms with van der Waals surface area (Å²) >= 11 is 6.08. The van der Waals surface area contributed by atoms with E-state index >= 15 is 0 Å². The van der Waals surface area contributed by atoms with Crippen LogP contribution < -0.4 is 4.74 Å². The van der Waals surface area contributed by atoms with Crippen molar-refractivity contribution in [2.45, 2.75) is 13.0 Å². The Hall–Kier alpha value is -2.57. The highest BCUT2D eigenvalue weighted by Crippen LogP contribution is 2.27. The van der Waals surface area contributed by atoms with Crippen LogP contribution in [0.4, 0.5) is 0 Å². The Labute approximate surface area is 162 Å². The largest absolute Gasteiger partial charge is 0.490 e. The standard InChI is InChI=1S/C20H20ClNO5/c1-26-8-9-27-18-5-4-16(21)11-17(18)19(23)22-7-6-13-2-3-14(20(24)25)10-15(13)12-22/h2-5,10-11H,6-9,12H2,1H3,(H,24,25). The summed E-state index contributed by atoms with van der Waals surface area (Å²) in [5.41, 5.74) is 2.51. The summed E-state index contributed by atoms with van der Waals surface area (Å²) in [5, 5.41) is 9.63. The monoisotopic (exact) mass is 389 g/mol. The molecule has 0 saturated heterocycles. The van der Waals surface area contributed by atoms with Crippen molar-refractivity contribution in [2.75, 3.05) is 26.9 Å². The molecule has 0 saturated carbocycles. The molecule has 1 N–H and O–H groups in total. The lowest BCUT2D eigenvalue weighted by atomic mass is 9.97. The fourth-order valence-electron chi connectivity index (χ4n) is 3.06. The molecule has 3 rings (SSSR count). The molecule has 0 radical (unpaired) electrons. The van der Waals surface area contributed by atoms with Crippen molar-refractivity contribution in [3.8, 4) is 5.75 Å². The first-order valence-corrected chi connectivity index (χ1v) is 8.93. The zero-order valence-corrected chi connectivity index (χ0v) is 15.7. The first kappa shape index (κ1) is 19.2. The molecule has 0 aliphatic carbocycles. The van der Waals surface area contributed by atoms with Crippen LogP contribution >= 0.6 is 11.6 Å². The summed E-state index contributed by atoms with van der Waals surface area (Å²) in [6.45, 7) is 1.62. The summed E-state index contributed by atoms with van der Waals surface area (Å²) < 4.78 is 10.6. The molecule has 1 aliphatic rings. The van der Waals surface area contributed by atoms with E-state index in [-0.39, 0.29) is 11.5 Å². The van der Waals surface area contributed by atoms with Crippen LogP contribution in [0.1, 0.15) is 31.8 Å². The van der Waals surface area contributed by atoms with Gasteiger partial charge in [-0.15, -0.1) is 0 Å². The smallest absolute Gasteiger partial charge is 0.335 e. The Morgan fingerprint density at radius 1 is 1.15 bits per heavy atom. The van der Waals surface area contributed by atoms with E-state index in [1.807, 2.05) is 6.07 Å². The van der Waals surface area contributed by atoms with Gasteiger partial charge < -0.3 is 19.5 Å². The number of halogens is 1. The van der Waals surface area contributed by atoms with Crippen LogP contribution in [0, 0.1) is 0 Å². The predicted molar refractivity (Wildman–Crippen MR) is 101 cm³/mol. The van der Waals surface area contributed by atoms with Gasteiger partial charge in [-0.3, -0.25) is 4.79 Å². The maximum atomic E-state index is 13.1. The molecule has 0 atom stereocenters. The van der Waals surface area contributed by atoms with Crippen molar-refractivity contribution in [3.05, 3.63) is 63.7 Å². The second-order valence-corrected chi connectivity index (χ2v) is 6.68. The predicted octanol–water partition coefficient (Wildman–Crippen LogP) is 3.26. The molecule has 1 aliphatic heterocycles. The molecule has 0 fully saturated rings. The molecular weight excluding hydrogens is 370 g/mol. The van der Waals surface area contributed by atoms with Crippen LogP contribution in [0.3, 0.4) is 0 Å². The first-order chi connectivity index (χ1) is 13.0. The van der Waals surface area contributed by atoms with Gasteiger partial charge in [-0.2, -0.15) is 0 Å². The molecule has 0 bridgehead atoms. The van der Waals surface area contributed by atoms with Gasteiger partial charge in [-0.05, 0) is 47.9 Å². The molecule has 0 aromatic heterocycles. The molecule has 2 aromatic rings. The number of nitrogens with zero attached hydrogens (tertiary/aromatic N) is 1. The number of benzene rings is 2. The number of ether oxygens (including phenoxy) is 2. The van der Waals surface area contributed by atoms with E-state index in [1.165, 1.54) is 0 Å². The van der Waals surface area contributed by atoms with E-state index in [4.69, 9.17) is 21.1 Å². The van der Waals surface area contributed by atoms with Gasteiger partial charge in [-0.1, -0.05) is 17.7 Å². The number of rotatable bonds is 6. The van der Waals surface area contributed by atoms with Crippen molar-refractivity contribution < 1.29 is 24.2 Å². The van der Waals surface area contributed by atoms with Crippen molar-refractivity contribution >= 4 is 23.5 Å². The molecule has 1 amide bonds. The summed E-state index contributed by atoms with van der Waals surface area (Å²) in [7, 11) is 1.58. The van der Waals surface area contributed by atoms with Gasteiger partial charge in [0.15, 0.2) is 0 Å². The van der Waals surface area contributed by atoms with E-state index in [0.29, 0.717) is 49.1 Å². The van der Waals surface area contributed by atoms with Crippen molar-refractivity contribution in [1.29, 1.82) is 0 Å². The highest BCUT2D eigenvalue weighted by molar-refractivity contribution is 6.31. The normalized spacial score (nSPS) is 13.2. The van der Waals surface area contributed by atoms with E-state index < -0.39 is 5.97 Å². The number of carboxylic acids is 1. The number of hydrogen-bond donors (Lipinski definition) is 1. The Morgan fingerprint density at radius 2 is 1.96 bits per heavy atom. The lowest BCUT2D eigenvalue weighted by Gasteiger charge is -2.29. The third-order valence-corrected chi connectivity index (χ3v) is 4.70. The molecule has 0 spiro atoms. The number of carbonyl (C=O) groups is 2. The quantitative estimate of drug-likeness (QED) is 0.767. The SMILES string of the molecule is COCCOc1ccc(Cl)cc1C(=O)N1CCc2ccc(C(=O)O)cc2C1. The van der Waals surface area contributed by atoms with E-state index in [1.54, 1.807) is 42.3 Å². The van der Waals surface area contributed by atoms with Crippen LogP contribution in [-0.4, -0.2) is 48.8 Å². The van der Waals surface area contributed by atoms with Gasteiger partial charge >= 0.3 is 5.97 Å². The van der Waals surface area contributed by atoms with Crippen LogP contribution in [0.5, 0.6) is 5.75 Å². The summed E-state index contributed by atoms with van der Waals surface area (Å²) in [6.07, 6.45) is 0.668. The number of hydrogen-bond acceptors (Lipinski definition) is 4. The first-order valence-electron chi connectivity index (χ1n) is 8.55. The van der Waals surface area contributed by atoms with Crippen LogP contribution in [-0.2, 0) is 17.7 Å². The average molecular weight is 390 g/mol. The number of fused-ring (bicyclic) bond motifs is 1. The van der Waals surface area contributed by atoms with Crippen LogP contribution in [0.25, 0.3) is 0 Å². The maximum absolute atomic E-state index is 13.1. The van der Waals surface area contributed by atoms with Gasteiger partial charge in [-0.25, -0.2) is 4.79 Å². The third kappa shape index (κ3) is 4.40. The maximum Gasteiger partial charge on any atom is 0.335 e. The second-order valence-electron chi connectivity index (χ2n) is 6.25. The number of aromatic carboxylic acids is 1. The summed E-state index contributed by atoms with van der Waals surface area (Å²) in [4.78, 5) is 26.0. The van der Waals surface area contributed by atoms with Gasteiger partial charge in [0, 0.05) is 25.2 Å². The molecule has 142 valence electrons. The van der Waals surface area contributed by atoms with E-state index in [0.717, 1.165) is 11.1 Å². The summed E-state index contributed by atoms with van der Waals surface area (Å²) in [5.74, 6) is -0.729. The fourth-order valence-corrected chi connectivity index (χ4v) is 3.24. The Morgan fingerprint density at radius 3 is 2.70 bits per heavy atom. The summed E-state index contributed by atoms with van der Waals surface area (Å²) in [6, 6.07) is 9.98. The van der Waals surface area contributed by atoms with Gasteiger partial charge in [0.05, 0.1) is 17.7 Å². The Balaban J connectivity index is 1.83. The molecular formula is C20H20ClNO5. The minimum atomic E-state index is -0.982. The van der Waals surface area contributed by atoms with Gasteiger partial charge in [0.1, 0.15) is 12.4 Å². The lowest BCUT2D eigenvalue weighted by molar-refractivity contribution is 0.0696. The molecule has 1 heterocycles. The zero-order valence-electron chi connectivity index (χ0n) is 14.9. The van der Waals surface area contributed by atoms with Gasteiger partial charge in [0.25, 0.3) is 5.91 Å². The highest BCUT2D eigenvalue weighted by atomic mass is 35.5. The molecule has 2 aromatic carbocycles. The van der Waals surface area contributed by atoms with E-state index in [9.17, 15) is 14.7 Å². The second kappa shape index (κ2) is 8.41. The van der Waals surface area contributed by atoms with Gasteiger partial charge in [0.2, 0.25) is 0 Å². The minimum absolute atomic E-state index is 0.198. The van der Waals surface area contributed by atoms with Crippen LogP contribution in [0.2, 0.25) is 5.02 Å². The van der Waals surface area contributed by atoms with Crippen molar-refractivity contribution in [3.63, 3.8) is 0 Å². The minimum Gasteiger partial charge on any atom is -0.490 e. The van der Waals surface area contributed by atoms with E-state index in [2.05, 4.69) is 0 Å². The number of carbonyl (C=O) groups excluding carboxylic acids is 1. The Kier molecular flexibility index (Phi) is 5.98. The van der Waals surface area contributed by atoms with Crippen molar-refractivity contribution in [1.82, 2.24) is 4.90 Å². The fraction of sp³-hybridized carbons (Fsp3) is 0.300. The van der Waals surface area contributed by atoms with Crippen LogP contribution in [0.15, 0.2) is 36.4 Å². The molecule has 27 heavy (non-hydrogen) atoms. The highest BCUT2D eigenvalue weighted by Gasteiger charge is 2.25. The Bertz CT molecular complexity index is 867. The zero-order chi connectivity index (χ0) is 19.4. The topological polar surface area (TPSA) is 76.1 Å². The third-order valence-electron chi connectivity index (χ3n) is 4.47.